The lowest BCUT2D eigenvalue weighted by Crippen LogP contribution is -2.41. The molecule has 3 rings (SSSR count). The highest BCUT2D eigenvalue weighted by molar-refractivity contribution is 5.66. The van der Waals surface area contributed by atoms with Gasteiger partial charge in [0, 0.05) is 6.42 Å². The summed E-state index contributed by atoms with van der Waals surface area (Å²) in [5.41, 5.74) is 0. The third kappa shape index (κ3) is 6.97. The van der Waals surface area contributed by atoms with Crippen molar-refractivity contribution in [2.75, 3.05) is 0 Å². The zero-order valence-corrected chi connectivity index (χ0v) is 15.8. The highest BCUT2D eigenvalue weighted by atomic mass is 16.4. The van der Waals surface area contributed by atoms with Crippen molar-refractivity contribution < 1.29 is 15.0 Å². The van der Waals surface area contributed by atoms with E-state index in [1.807, 2.05) is 0 Å². The lowest BCUT2D eigenvalue weighted by Gasteiger charge is -2.50. The van der Waals surface area contributed by atoms with Crippen LogP contribution < -0.4 is 0 Å². The molecule has 0 saturated heterocycles. The first-order valence-corrected chi connectivity index (χ1v) is 10.3. The van der Waals surface area contributed by atoms with Gasteiger partial charge >= 0.3 is 5.97 Å². The van der Waals surface area contributed by atoms with E-state index in [4.69, 9.17) is 5.11 Å². The van der Waals surface area contributed by atoms with E-state index in [1.54, 1.807) is 0 Å². The summed E-state index contributed by atoms with van der Waals surface area (Å²) in [6.45, 7) is 2.19. The van der Waals surface area contributed by atoms with E-state index in [1.165, 1.54) is 32.1 Å². The summed E-state index contributed by atoms with van der Waals surface area (Å²) < 4.78 is 0. The van der Waals surface area contributed by atoms with Crippen LogP contribution in [0.25, 0.3) is 0 Å². The van der Waals surface area contributed by atoms with E-state index < -0.39 is 5.97 Å². The second-order valence-electron chi connectivity index (χ2n) is 8.10. The van der Waals surface area contributed by atoms with E-state index in [9.17, 15) is 9.90 Å². The van der Waals surface area contributed by atoms with Gasteiger partial charge in [-0.2, -0.15) is 0 Å². The van der Waals surface area contributed by atoms with Gasteiger partial charge in [-0.25, -0.2) is 0 Å². The smallest absolute Gasteiger partial charge is 0.303 e. The maximum Gasteiger partial charge on any atom is 0.303 e. The number of fused-ring (bicyclic) bond motifs is 2. The Kier molecular flexibility index (Phi) is 8.74. The molecule has 3 fully saturated rings. The second kappa shape index (κ2) is 10.8. The number of carbonyl (C=O) groups is 1. The topological polar surface area (TPSA) is 57.5 Å². The van der Waals surface area contributed by atoms with Crippen molar-refractivity contribution >= 4 is 5.97 Å². The third-order valence-corrected chi connectivity index (χ3v) is 6.05. The number of allylic oxidation sites excluding steroid dienone is 3. The van der Waals surface area contributed by atoms with Gasteiger partial charge in [0.05, 0.1) is 6.10 Å². The van der Waals surface area contributed by atoms with Crippen LogP contribution >= 0.6 is 0 Å². The fourth-order valence-electron chi connectivity index (χ4n) is 4.54. The highest BCUT2D eigenvalue weighted by Crippen LogP contribution is 2.53. The SMILES string of the molecule is CCCCC[C@H](O)/C=C/[C@H]1CC2CC(C2)[C@@H]1C/C=C\CCCC(=O)O. The van der Waals surface area contributed by atoms with Gasteiger partial charge in [0.15, 0.2) is 0 Å². The monoisotopic (exact) mass is 348 g/mol. The number of unbranched alkanes of at least 4 members (excludes halogenated alkanes) is 3. The van der Waals surface area contributed by atoms with Crippen LogP contribution in [0.3, 0.4) is 0 Å². The molecule has 3 aliphatic carbocycles. The van der Waals surface area contributed by atoms with Crippen molar-refractivity contribution in [1.29, 1.82) is 0 Å². The zero-order valence-electron chi connectivity index (χ0n) is 15.8. The molecule has 3 nitrogen and oxygen atoms in total. The lowest BCUT2D eigenvalue weighted by atomic mass is 9.55. The molecular formula is C22H36O3. The summed E-state index contributed by atoms with van der Waals surface area (Å²) in [5, 5.41) is 18.8. The van der Waals surface area contributed by atoms with Crippen molar-refractivity contribution in [2.45, 2.75) is 83.7 Å². The van der Waals surface area contributed by atoms with Gasteiger partial charge in [-0.05, 0) is 68.6 Å². The Labute approximate surface area is 153 Å². The van der Waals surface area contributed by atoms with Gasteiger partial charge in [-0.3, -0.25) is 4.79 Å². The predicted octanol–water partition coefficient (Wildman–Crippen LogP) is 5.35. The molecule has 3 atom stereocenters. The normalized spacial score (nSPS) is 29.8. The first-order valence-electron chi connectivity index (χ1n) is 10.3. The van der Waals surface area contributed by atoms with Gasteiger partial charge in [0.1, 0.15) is 0 Å². The summed E-state index contributed by atoms with van der Waals surface area (Å²) in [7, 11) is 0. The Morgan fingerprint density at radius 2 is 1.96 bits per heavy atom. The fourth-order valence-corrected chi connectivity index (χ4v) is 4.54. The van der Waals surface area contributed by atoms with Crippen molar-refractivity contribution in [3.63, 3.8) is 0 Å². The molecule has 0 aromatic heterocycles. The van der Waals surface area contributed by atoms with Crippen LogP contribution in [0.2, 0.25) is 0 Å². The molecule has 2 N–H and O–H groups in total. The standard InChI is InChI=1S/C22H36O3/c1-2-3-6-9-20(23)13-12-18-14-17-15-19(16-17)21(18)10-7-4-5-8-11-22(24)25/h4,7,12-13,17-21,23H,2-3,5-6,8-11,14-16H2,1H3,(H,24,25)/b7-4-,13-12+/t17?,18-,19?,20-,21+/m0/s1. The number of aliphatic hydroxyl groups is 1. The average Bonchev–Trinajstić information content (AvgIpc) is 2.55. The van der Waals surface area contributed by atoms with Gasteiger partial charge in [0.2, 0.25) is 0 Å². The van der Waals surface area contributed by atoms with Crippen molar-refractivity contribution in [2.24, 2.45) is 23.7 Å². The first-order chi connectivity index (χ1) is 12.1. The minimum absolute atomic E-state index is 0.263. The van der Waals surface area contributed by atoms with Crippen molar-refractivity contribution in [1.82, 2.24) is 0 Å². The summed E-state index contributed by atoms with van der Waals surface area (Å²) in [4.78, 5) is 10.5. The Hall–Kier alpha value is -1.09. The van der Waals surface area contributed by atoms with E-state index in [0.717, 1.165) is 43.9 Å². The summed E-state index contributed by atoms with van der Waals surface area (Å²) >= 11 is 0. The number of carboxylic acids is 1. The van der Waals surface area contributed by atoms with Crippen LogP contribution in [0.5, 0.6) is 0 Å². The highest BCUT2D eigenvalue weighted by Gasteiger charge is 2.43. The van der Waals surface area contributed by atoms with Crippen LogP contribution in [0, 0.1) is 23.7 Å². The molecule has 0 spiro atoms. The maximum absolute atomic E-state index is 10.5. The molecular weight excluding hydrogens is 312 g/mol. The molecule has 142 valence electrons. The molecule has 3 heteroatoms. The van der Waals surface area contributed by atoms with Crippen molar-refractivity contribution in [3.8, 4) is 0 Å². The molecule has 3 aliphatic rings. The molecule has 0 heterocycles. The summed E-state index contributed by atoms with van der Waals surface area (Å²) in [6, 6.07) is 0. The predicted molar refractivity (Wildman–Crippen MR) is 102 cm³/mol. The van der Waals surface area contributed by atoms with Crippen LogP contribution in [0.1, 0.15) is 77.6 Å². The molecule has 2 bridgehead atoms. The van der Waals surface area contributed by atoms with Gasteiger partial charge in [0.25, 0.3) is 0 Å². The molecule has 3 saturated carbocycles. The van der Waals surface area contributed by atoms with Gasteiger partial charge in [-0.1, -0.05) is 50.5 Å². The Morgan fingerprint density at radius 1 is 1.16 bits per heavy atom. The molecule has 0 aromatic carbocycles. The largest absolute Gasteiger partial charge is 0.481 e. The van der Waals surface area contributed by atoms with Crippen LogP contribution in [-0.2, 0) is 4.79 Å². The minimum Gasteiger partial charge on any atom is -0.481 e. The molecule has 0 aromatic rings. The van der Waals surface area contributed by atoms with E-state index >= 15 is 0 Å². The zero-order chi connectivity index (χ0) is 18.1. The number of hydrogen-bond donors (Lipinski definition) is 2. The molecule has 25 heavy (non-hydrogen) atoms. The van der Waals surface area contributed by atoms with Crippen LogP contribution in [-0.4, -0.2) is 22.3 Å². The molecule has 0 radical (unpaired) electrons. The summed E-state index contributed by atoms with van der Waals surface area (Å²) in [5.74, 6) is 2.38. The number of carboxylic acid groups (broad SMARTS) is 1. The first kappa shape index (κ1) is 20.2. The quantitative estimate of drug-likeness (QED) is 0.369. The molecule has 0 unspecified atom stereocenters. The number of rotatable bonds is 12. The Balaban J connectivity index is 1.76. The van der Waals surface area contributed by atoms with Gasteiger partial charge < -0.3 is 10.2 Å². The Bertz CT molecular complexity index is 448. The average molecular weight is 349 g/mol. The van der Waals surface area contributed by atoms with Crippen LogP contribution in [0.15, 0.2) is 24.3 Å². The second-order valence-corrected chi connectivity index (χ2v) is 8.10. The molecule has 0 amide bonds. The number of aliphatic carboxylic acids is 1. The van der Waals surface area contributed by atoms with E-state index in [-0.39, 0.29) is 12.5 Å². The number of hydrogen-bond acceptors (Lipinski definition) is 2. The van der Waals surface area contributed by atoms with E-state index in [2.05, 4.69) is 31.2 Å². The summed E-state index contributed by atoms with van der Waals surface area (Å²) in [6.07, 6.45) is 19.9. The number of aliphatic hydroxyl groups excluding tert-OH is 1. The minimum atomic E-state index is -0.705. The molecule has 0 aliphatic heterocycles. The van der Waals surface area contributed by atoms with Gasteiger partial charge in [-0.15, -0.1) is 0 Å². The Morgan fingerprint density at radius 3 is 2.68 bits per heavy atom. The van der Waals surface area contributed by atoms with Crippen molar-refractivity contribution in [3.05, 3.63) is 24.3 Å². The van der Waals surface area contributed by atoms with Crippen LogP contribution in [0.4, 0.5) is 0 Å². The van der Waals surface area contributed by atoms with E-state index in [0.29, 0.717) is 11.8 Å². The third-order valence-electron chi connectivity index (χ3n) is 6.05. The maximum atomic E-state index is 10.5. The lowest BCUT2D eigenvalue weighted by molar-refractivity contribution is -0.137. The fraction of sp³-hybridized carbons (Fsp3) is 0.773.